The molecule has 0 fully saturated rings. The molecule has 4 aromatic heterocycles. The van der Waals surface area contributed by atoms with Gasteiger partial charge in [0.15, 0.2) is 0 Å². The van der Waals surface area contributed by atoms with Gasteiger partial charge < -0.3 is 15.0 Å². The molecule has 2 unspecified atom stereocenters. The molecule has 0 aromatic carbocycles. The first kappa shape index (κ1) is 20.5. The Labute approximate surface area is 190 Å². The summed E-state index contributed by atoms with van der Waals surface area (Å²) in [6, 6.07) is 4.53. The van der Waals surface area contributed by atoms with E-state index in [2.05, 4.69) is 42.8 Å². The third-order valence-corrected chi connectivity index (χ3v) is 8.52. The summed E-state index contributed by atoms with van der Waals surface area (Å²) in [6.07, 6.45) is 15.1. The highest BCUT2D eigenvalue weighted by Crippen LogP contribution is 2.31. The van der Waals surface area contributed by atoms with Crippen LogP contribution < -0.4 is 5.69 Å². The summed E-state index contributed by atoms with van der Waals surface area (Å²) < 4.78 is 0. The van der Waals surface area contributed by atoms with Gasteiger partial charge in [-0.25, -0.2) is 9.78 Å². The van der Waals surface area contributed by atoms with Gasteiger partial charge in [0.2, 0.25) is 0 Å². The SMILES string of the molecule is O=c1[nH]cc(CC2CCc3sccc3C2)[nH]1.c1ncc(CC2CCc3sccc3C2)[nH]1. The fourth-order valence-corrected chi connectivity index (χ4v) is 6.75. The van der Waals surface area contributed by atoms with Crippen LogP contribution in [0.3, 0.4) is 0 Å². The topological polar surface area (TPSA) is 77.3 Å². The lowest BCUT2D eigenvalue weighted by Gasteiger charge is -2.21. The zero-order valence-electron chi connectivity index (χ0n) is 17.5. The molecule has 31 heavy (non-hydrogen) atoms. The number of H-pyrrole nitrogens is 3. The normalized spacial score (nSPS) is 19.9. The highest BCUT2D eigenvalue weighted by atomic mass is 32.1. The minimum Gasteiger partial charge on any atom is -0.348 e. The molecule has 2 atom stereocenters. The van der Waals surface area contributed by atoms with Gasteiger partial charge in [0, 0.05) is 33.5 Å². The third kappa shape index (κ3) is 5.10. The number of hydrogen-bond acceptors (Lipinski definition) is 4. The van der Waals surface area contributed by atoms with E-state index in [1.807, 2.05) is 28.9 Å². The number of nitrogens with one attached hydrogen (secondary N) is 3. The van der Waals surface area contributed by atoms with E-state index in [4.69, 9.17) is 0 Å². The molecule has 162 valence electrons. The Morgan fingerprint density at radius 2 is 1.55 bits per heavy atom. The lowest BCUT2D eigenvalue weighted by molar-refractivity contribution is 0.456. The van der Waals surface area contributed by atoms with E-state index < -0.39 is 0 Å². The Kier molecular flexibility index (Phi) is 6.22. The Morgan fingerprint density at radius 3 is 2.10 bits per heavy atom. The van der Waals surface area contributed by atoms with Gasteiger partial charge >= 0.3 is 5.69 Å². The van der Waals surface area contributed by atoms with Crippen LogP contribution in [0.15, 0.2) is 46.4 Å². The highest BCUT2D eigenvalue weighted by Gasteiger charge is 2.21. The van der Waals surface area contributed by atoms with Crippen molar-refractivity contribution in [2.75, 3.05) is 0 Å². The highest BCUT2D eigenvalue weighted by molar-refractivity contribution is 7.10. The van der Waals surface area contributed by atoms with Crippen molar-refractivity contribution in [2.45, 2.75) is 51.4 Å². The fraction of sp³-hybridized carbons (Fsp3) is 0.417. The third-order valence-electron chi connectivity index (χ3n) is 6.48. The van der Waals surface area contributed by atoms with E-state index in [9.17, 15) is 4.79 Å². The fourth-order valence-electron chi connectivity index (χ4n) is 4.88. The number of thiophene rings is 2. The Bertz CT molecular complexity index is 1150. The van der Waals surface area contributed by atoms with Crippen molar-refractivity contribution in [3.8, 4) is 0 Å². The number of aromatic nitrogens is 4. The number of imidazole rings is 2. The Morgan fingerprint density at radius 1 is 0.903 bits per heavy atom. The molecule has 0 saturated carbocycles. The Balaban J connectivity index is 0.000000132. The summed E-state index contributed by atoms with van der Waals surface area (Å²) in [6.45, 7) is 0. The van der Waals surface area contributed by atoms with E-state index in [-0.39, 0.29) is 5.69 Å². The zero-order valence-corrected chi connectivity index (χ0v) is 19.2. The summed E-state index contributed by atoms with van der Waals surface area (Å²) >= 11 is 3.79. The molecule has 6 rings (SSSR count). The molecule has 3 N–H and O–H groups in total. The van der Waals surface area contributed by atoms with Crippen molar-refractivity contribution < 1.29 is 0 Å². The van der Waals surface area contributed by atoms with Crippen molar-refractivity contribution in [2.24, 2.45) is 11.8 Å². The van der Waals surface area contributed by atoms with Crippen LogP contribution in [-0.2, 0) is 38.5 Å². The molecule has 5 nitrogen and oxygen atoms in total. The minimum atomic E-state index is -0.0953. The second-order valence-electron chi connectivity index (χ2n) is 8.71. The zero-order chi connectivity index (χ0) is 21.0. The molecule has 0 radical (unpaired) electrons. The molecule has 2 aliphatic rings. The van der Waals surface area contributed by atoms with Crippen molar-refractivity contribution >= 4 is 22.7 Å². The maximum absolute atomic E-state index is 11.0. The minimum absolute atomic E-state index is 0.0953. The molecule has 7 heteroatoms. The predicted molar refractivity (Wildman–Crippen MR) is 127 cm³/mol. The monoisotopic (exact) mass is 452 g/mol. The molecule has 0 saturated heterocycles. The number of rotatable bonds is 4. The molecule has 0 bridgehead atoms. The molecule has 2 aliphatic carbocycles. The number of fused-ring (bicyclic) bond motifs is 2. The standard InChI is InChI=1S/C12H14N2OS.C12H14N2S/c15-12-13-7-10(14-12)6-8-1-2-11-9(5-8)3-4-16-11;1-2-12-10(3-4-15-12)5-9(1)6-11-7-13-8-14-11/h3-4,7-8H,1-2,5-6H2,(H2,13,14,15);3-4,7-9H,1-2,5-6H2,(H,13,14). The van der Waals surface area contributed by atoms with Crippen molar-refractivity contribution in [3.63, 3.8) is 0 Å². The van der Waals surface area contributed by atoms with Gasteiger partial charge in [-0.3, -0.25) is 0 Å². The van der Waals surface area contributed by atoms with Gasteiger partial charge in [-0.15, -0.1) is 22.7 Å². The van der Waals surface area contributed by atoms with Crippen molar-refractivity contribution in [1.29, 1.82) is 0 Å². The quantitative estimate of drug-likeness (QED) is 0.410. The maximum Gasteiger partial charge on any atom is 0.323 e. The largest absolute Gasteiger partial charge is 0.348 e. The van der Waals surface area contributed by atoms with Crippen LogP contribution in [0.2, 0.25) is 0 Å². The van der Waals surface area contributed by atoms with E-state index >= 15 is 0 Å². The molecular weight excluding hydrogens is 424 g/mol. The van der Waals surface area contributed by atoms with E-state index in [0.717, 1.165) is 30.9 Å². The molecular formula is C24H28N4OS2. The second-order valence-corrected chi connectivity index (χ2v) is 10.7. The van der Waals surface area contributed by atoms with Crippen molar-refractivity contribution in [1.82, 2.24) is 19.9 Å². The van der Waals surface area contributed by atoms with E-state index in [1.165, 1.54) is 43.4 Å². The van der Waals surface area contributed by atoms with Crippen LogP contribution in [-0.4, -0.2) is 19.9 Å². The first-order valence-electron chi connectivity index (χ1n) is 11.1. The van der Waals surface area contributed by atoms with Gasteiger partial charge in [0.25, 0.3) is 0 Å². The second kappa shape index (κ2) is 9.40. The maximum atomic E-state index is 11.0. The van der Waals surface area contributed by atoms with Crippen molar-refractivity contribution in [3.05, 3.63) is 84.4 Å². The lowest BCUT2D eigenvalue weighted by Crippen LogP contribution is -2.15. The van der Waals surface area contributed by atoms with E-state index in [1.54, 1.807) is 27.8 Å². The smallest absolute Gasteiger partial charge is 0.323 e. The Hall–Kier alpha value is -2.38. The van der Waals surface area contributed by atoms with Crippen LogP contribution in [0.4, 0.5) is 0 Å². The lowest BCUT2D eigenvalue weighted by atomic mass is 9.86. The van der Waals surface area contributed by atoms with Crippen LogP contribution in [0.25, 0.3) is 0 Å². The summed E-state index contributed by atoms with van der Waals surface area (Å²) in [5.41, 5.74) is 5.31. The average Bonchev–Trinajstić information content (AvgIpc) is 3.56. The summed E-state index contributed by atoms with van der Waals surface area (Å²) in [4.78, 5) is 26.9. The van der Waals surface area contributed by atoms with Gasteiger partial charge in [-0.2, -0.15) is 0 Å². The number of aryl methyl sites for hydroxylation is 2. The van der Waals surface area contributed by atoms with Crippen LogP contribution >= 0.6 is 22.7 Å². The van der Waals surface area contributed by atoms with E-state index in [0.29, 0.717) is 5.92 Å². The molecule has 0 aliphatic heterocycles. The van der Waals surface area contributed by atoms with Gasteiger partial charge in [0.05, 0.1) is 6.33 Å². The molecule has 4 heterocycles. The summed E-state index contributed by atoms with van der Waals surface area (Å²) in [5, 5.41) is 4.41. The number of hydrogen-bond donors (Lipinski definition) is 3. The number of aromatic amines is 3. The molecule has 0 amide bonds. The van der Waals surface area contributed by atoms with Gasteiger partial charge in [-0.05, 0) is 97.2 Å². The molecule has 0 spiro atoms. The molecule has 4 aromatic rings. The first-order chi connectivity index (χ1) is 15.2. The first-order valence-corrected chi connectivity index (χ1v) is 12.8. The van der Waals surface area contributed by atoms with Gasteiger partial charge in [0.1, 0.15) is 0 Å². The average molecular weight is 453 g/mol. The van der Waals surface area contributed by atoms with Crippen LogP contribution in [0, 0.1) is 11.8 Å². The van der Waals surface area contributed by atoms with Crippen LogP contribution in [0.5, 0.6) is 0 Å². The van der Waals surface area contributed by atoms with Crippen LogP contribution in [0.1, 0.15) is 45.1 Å². The van der Waals surface area contributed by atoms with Gasteiger partial charge in [-0.1, -0.05) is 0 Å². The number of nitrogens with zero attached hydrogens (tertiary/aromatic N) is 1. The predicted octanol–water partition coefficient (Wildman–Crippen LogP) is 4.93. The summed E-state index contributed by atoms with van der Waals surface area (Å²) in [7, 11) is 0. The summed E-state index contributed by atoms with van der Waals surface area (Å²) in [5.74, 6) is 1.47.